The zero-order chi connectivity index (χ0) is 13.1. The van der Waals surface area contributed by atoms with Crippen LogP contribution in [0.1, 0.15) is 30.9 Å². The summed E-state index contributed by atoms with van der Waals surface area (Å²) in [5, 5.41) is 0. The first-order chi connectivity index (χ1) is 8.56. The molecule has 0 saturated heterocycles. The fourth-order valence-electron chi connectivity index (χ4n) is 1.66. The van der Waals surface area contributed by atoms with E-state index in [1.165, 1.54) is 5.56 Å². The molecule has 2 aromatic rings. The zero-order valence-electron chi connectivity index (χ0n) is 11.0. The van der Waals surface area contributed by atoms with Crippen LogP contribution in [0.2, 0.25) is 0 Å². The highest BCUT2D eigenvalue weighted by Crippen LogP contribution is 2.28. The summed E-state index contributed by atoms with van der Waals surface area (Å²) in [4.78, 5) is 4.02. The van der Waals surface area contributed by atoms with Crippen LogP contribution in [0.5, 0.6) is 11.5 Å². The summed E-state index contributed by atoms with van der Waals surface area (Å²) in [6.45, 7) is 6.36. The molecule has 0 radical (unpaired) electrons. The zero-order valence-corrected chi connectivity index (χ0v) is 11.0. The predicted molar refractivity (Wildman–Crippen MR) is 74.0 cm³/mol. The number of aromatic nitrogens is 1. The Bertz CT molecular complexity index is 533. The van der Waals surface area contributed by atoms with Gasteiger partial charge in [0.15, 0.2) is 0 Å². The number of hydrogen-bond donors (Lipinski definition) is 1. The summed E-state index contributed by atoms with van der Waals surface area (Å²) in [5.74, 6) is 2.55. The topological polar surface area (TPSA) is 48.1 Å². The monoisotopic (exact) mass is 242 g/mol. The molecule has 3 nitrogen and oxygen atoms in total. The van der Waals surface area contributed by atoms with E-state index in [1.54, 1.807) is 12.3 Å². The van der Waals surface area contributed by atoms with Gasteiger partial charge in [0, 0.05) is 0 Å². The Balaban J connectivity index is 2.27. The lowest BCUT2D eigenvalue weighted by atomic mass is 10.0. The highest BCUT2D eigenvalue weighted by atomic mass is 16.5. The standard InChI is InChI=1S/C15H18N2O/c1-10(2)12-5-4-11(3)14(8-12)18-13-6-7-15(16)17-9-13/h4-10H,1-3H3,(H2,16,17). The minimum Gasteiger partial charge on any atom is -0.455 e. The van der Waals surface area contributed by atoms with Crippen molar-refractivity contribution in [1.82, 2.24) is 4.98 Å². The molecule has 0 aliphatic heterocycles. The number of nitrogen functional groups attached to an aromatic ring is 1. The maximum absolute atomic E-state index is 5.84. The summed E-state index contributed by atoms with van der Waals surface area (Å²) >= 11 is 0. The summed E-state index contributed by atoms with van der Waals surface area (Å²) in [6.07, 6.45) is 1.64. The second kappa shape index (κ2) is 5.08. The third-order valence-corrected chi connectivity index (χ3v) is 2.87. The van der Waals surface area contributed by atoms with E-state index in [1.807, 2.05) is 13.0 Å². The summed E-state index contributed by atoms with van der Waals surface area (Å²) in [6, 6.07) is 9.85. The highest BCUT2D eigenvalue weighted by molar-refractivity contribution is 5.41. The molecule has 0 fully saturated rings. The van der Waals surface area contributed by atoms with Gasteiger partial charge in [0.25, 0.3) is 0 Å². The van der Waals surface area contributed by atoms with Gasteiger partial charge in [0.2, 0.25) is 0 Å². The van der Waals surface area contributed by atoms with Crippen LogP contribution in [0.4, 0.5) is 5.82 Å². The lowest BCUT2D eigenvalue weighted by molar-refractivity contribution is 0.475. The third-order valence-electron chi connectivity index (χ3n) is 2.87. The van der Waals surface area contributed by atoms with Crippen molar-refractivity contribution >= 4 is 5.82 Å². The Morgan fingerprint density at radius 3 is 2.56 bits per heavy atom. The van der Waals surface area contributed by atoms with Gasteiger partial charge in [-0.3, -0.25) is 0 Å². The van der Waals surface area contributed by atoms with E-state index in [4.69, 9.17) is 10.5 Å². The Morgan fingerprint density at radius 2 is 1.94 bits per heavy atom. The number of anilines is 1. The number of rotatable bonds is 3. The van der Waals surface area contributed by atoms with E-state index in [0.29, 0.717) is 17.5 Å². The van der Waals surface area contributed by atoms with Crippen LogP contribution in [0.15, 0.2) is 36.5 Å². The molecule has 0 unspecified atom stereocenters. The Morgan fingerprint density at radius 1 is 1.17 bits per heavy atom. The Labute approximate surface area is 108 Å². The van der Waals surface area contributed by atoms with E-state index < -0.39 is 0 Å². The van der Waals surface area contributed by atoms with Crippen molar-refractivity contribution in [2.24, 2.45) is 0 Å². The molecule has 18 heavy (non-hydrogen) atoms. The van der Waals surface area contributed by atoms with Gasteiger partial charge in [-0.2, -0.15) is 0 Å². The van der Waals surface area contributed by atoms with Crippen molar-refractivity contribution in [2.75, 3.05) is 5.73 Å². The molecule has 2 N–H and O–H groups in total. The highest BCUT2D eigenvalue weighted by Gasteiger charge is 2.06. The normalized spacial score (nSPS) is 10.7. The van der Waals surface area contributed by atoms with Crippen LogP contribution in [0.25, 0.3) is 0 Å². The fraction of sp³-hybridized carbons (Fsp3) is 0.267. The van der Waals surface area contributed by atoms with Gasteiger partial charge in [-0.1, -0.05) is 26.0 Å². The second-order valence-electron chi connectivity index (χ2n) is 4.70. The average Bonchev–Trinajstić information content (AvgIpc) is 2.34. The van der Waals surface area contributed by atoms with Gasteiger partial charge < -0.3 is 10.5 Å². The first kappa shape index (κ1) is 12.4. The lowest BCUT2D eigenvalue weighted by Gasteiger charge is -2.12. The van der Waals surface area contributed by atoms with Gasteiger partial charge in [-0.05, 0) is 42.2 Å². The molecule has 0 spiro atoms. The van der Waals surface area contributed by atoms with Crippen LogP contribution >= 0.6 is 0 Å². The van der Waals surface area contributed by atoms with Crippen molar-refractivity contribution in [2.45, 2.75) is 26.7 Å². The van der Waals surface area contributed by atoms with Crippen molar-refractivity contribution in [3.05, 3.63) is 47.7 Å². The van der Waals surface area contributed by atoms with Crippen molar-refractivity contribution in [3.63, 3.8) is 0 Å². The van der Waals surface area contributed by atoms with Gasteiger partial charge in [0.1, 0.15) is 17.3 Å². The Kier molecular flexibility index (Phi) is 3.51. The van der Waals surface area contributed by atoms with Crippen molar-refractivity contribution in [1.29, 1.82) is 0 Å². The number of benzene rings is 1. The SMILES string of the molecule is Cc1ccc(C(C)C)cc1Oc1ccc(N)nc1. The van der Waals surface area contributed by atoms with Crippen LogP contribution in [-0.4, -0.2) is 4.98 Å². The van der Waals surface area contributed by atoms with E-state index >= 15 is 0 Å². The van der Waals surface area contributed by atoms with Gasteiger partial charge in [-0.15, -0.1) is 0 Å². The van der Waals surface area contributed by atoms with Crippen molar-refractivity contribution in [3.8, 4) is 11.5 Å². The molecule has 0 atom stereocenters. The number of ether oxygens (including phenoxy) is 1. The van der Waals surface area contributed by atoms with Gasteiger partial charge in [0.05, 0.1) is 6.20 Å². The van der Waals surface area contributed by atoms with E-state index in [0.717, 1.165) is 11.3 Å². The number of nitrogens with zero attached hydrogens (tertiary/aromatic N) is 1. The van der Waals surface area contributed by atoms with Crippen LogP contribution in [-0.2, 0) is 0 Å². The predicted octanol–water partition coefficient (Wildman–Crippen LogP) is 3.89. The second-order valence-corrected chi connectivity index (χ2v) is 4.70. The summed E-state index contributed by atoms with van der Waals surface area (Å²) in [7, 11) is 0. The molecule has 0 bridgehead atoms. The number of pyridine rings is 1. The largest absolute Gasteiger partial charge is 0.455 e. The lowest BCUT2D eigenvalue weighted by Crippen LogP contribution is -1.94. The number of hydrogen-bond acceptors (Lipinski definition) is 3. The van der Waals surface area contributed by atoms with Gasteiger partial charge in [-0.25, -0.2) is 4.98 Å². The smallest absolute Gasteiger partial charge is 0.145 e. The quantitative estimate of drug-likeness (QED) is 0.888. The molecule has 94 valence electrons. The summed E-state index contributed by atoms with van der Waals surface area (Å²) in [5.41, 5.74) is 7.92. The van der Waals surface area contributed by atoms with E-state index in [9.17, 15) is 0 Å². The van der Waals surface area contributed by atoms with E-state index in [-0.39, 0.29) is 0 Å². The summed E-state index contributed by atoms with van der Waals surface area (Å²) < 4.78 is 5.84. The molecular weight excluding hydrogens is 224 g/mol. The van der Waals surface area contributed by atoms with Crippen LogP contribution in [0.3, 0.4) is 0 Å². The Hall–Kier alpha value is -2.03. The molecule has 0 amide bonds. The molecule has 0 aliphatic rings. The molecule has 0 aliphatic carbocycles. The van der Waals surface area contributed by atoms with Gasteiger partial charge >= 0.3 is 0 Å². The van der Waals surface area contributed by atoms with Crippen LogP contribution in [0, 0.1) is 6.92 Å². The maximum Gasteiger partial charge on any atom is 0.145 e. The average molecular weight is 242 g/mol. The van der Waals surface area contributed by atoms with Crippen LogP contribution < -0.4 is 10.5 Å². The first-order valence-corrected chi connectivity index (χ1v) is 6.06. The molecule has 3 heteroatoms. The molecule has 1 aromatic carbocycles. The first-order valence-electron chi connectivity index (χ1n) is 6.06. The number of nitrogens with two attached hydrogens (primary N) is 1. The van der Waals surface area contributed by atoms with E-state index in [2.05, 4.69) is 37.0 Å². The number of aryl methyl sites for hydroxylation is 1. The fourth-order valence-corrected chi connectivity index (χ4v) is 1.66. The maximum atomic E-state index is 5.84. The minimum atomic E-state index is 0.484. The molecule has 1 aromatic heterocycles. The molecule has 2 rings (SSSR count). The third kappa shape index (κ3) is 2.80. The van der Waals surface area contributed by atoms with Crippen molar-refractivity contribution < 1.29 is 4.74 Å². The molecular formula is C15H18N2O. The minimum absolute atomic E-state index is 0.484. The molecule has 0 saturated carbocycles. The molecule has 1 heterocycles.